The van der Waals surface area contributed by atoms with Gasteiger partial charge in [-0.2, -0.15) is 0 Å². The number of hydrogen-bond acceptors (Lipinski definition) is 4. The summed E-state index contributed by atoms with van der Waals surface area (Å²) in [6.45, 7) is 1.63. The van der Waals surface area contributed by atoms with Crippen molar-refractivity contribution in [1.29, 1.82) is 0 Å². The lowest BCUT2D eigenvalue weighted by atomic mass is 9.95. The van der Waals surface area contributed by atoms with Crippen LogP contribution in [0.1, 0.15) is 18.9 Å². The molecule has 1 atom stereocenters. The summed E-state index contributed by atoms with van der Waals surface area (Å²) in [5.41, 5.74) is 5.79. The number of ether oxygens (including phenoxy) is 1. The summed E-state index contributed by atoms with van der Waals surface area (Å²) in [6.07, 6.45) is 0.371. The van der Waals surface area contributed by atoms with E-state index in [9.17, 15) is 4.79 Å². The molecule has 0 saturated heterocycles. The van der Waals surface area contributed by atoms with Gasteiger partial charge in [0.05, 0.1) is 12.8 Å². The number of rotatable bonds is 3. The average molecular weight is 234 g/mol. The zero-order chi connectivity index (χ0) is 12.5. The Kier molecular flexibility index (Phi) is 2.75. The molecule has 1 aliphatic heterocycles. The minimum atomic E-state index is -1.04. The number of methoxy groups -OCH3 is 1. The molecule has 1 aliphatic rings. The van der Waals surface area contributed by atoms with Gasteiger partial charge in [0.15, 0.2) is 0 Å². The molecule has 1 aromatic rings. The van der Waals surface area contributed by atoms with E-state index in [0.29, 0.717) is 12.1 Å². The number of oxime groups is 1. The Hall–Kier alpha value is -2.04. The molecule has 90 valence electrons. The molecule has 1 unspecified atom stereocenters. The molecule has 0 saturated carbocycles. The quantitative estimate of drug-likeness (QED) is 0.849. The minimum Gasteiger partial charge on any atom is -0.497 e. The first-order valence-corrected chi connectivity index (χ1v) is 5.24. The van der Waals surface area contributed by atoms with E-state index < -0.39 is 11.5 Å². The third-order valence-electron chi connectivity index (χ3n) is 2.79. The topological polar surface area (TPSA) is 73.9 Å². The highest BCUT2D eigenvalue weighted by Gasteiger charge is 2.40. The summed E-state index contributed by atoms with van der Waals surface area (Å²) in [5, 5.41) is 3.92. The number of benzene rings is 1. The molecule has 17 heavy (non-hydrogen) atoms. The molecular weight excluding hydrogens is 220 g/mol. The first kappa shape index (κ1) is 11.4. The fraction of sp³-hybridized carbons (Fsp3) is 0.333. The molecule has 1 amide bonds. The third kappa shape index (κ3) is 2.08. The molecule has 2 N–H and O–H groups in total. The van der Waals surface area contributed by atoms with E-state index in [0.717, 1.165) is 11.3 Å². The molecule has 5 nitrogen and oxygen atoms in total. The fourth-order valence-electron chi connectivity index (χ4n) is 1.63. The lowest BCUT2D eigenvalue weighted by Gasteiger charge is -2.15. The first-order chi connectivity index (χ1) is 8.05. The number of nitrogens with two attached hydrogens (primary N) is 1. The maximum atomic E-state index is 11.2. The molecule has 0 aliphatic carbocycles. The Morgan fingerprint density at radius 1 is 1.59 bits per heavy atom. The number of hydrogen-bond donors (Lipinski definition) is 1. The van der Waals surface area contributed by atoms with E-state index >= 15 is 0 Å². The molecule has 0 bridgehead atoms. The largest absolute Gasteiger partial charge is 0.497 e. The number of primary amides is 1. The van der Waals surface area contributed by atoms with E-state index in [2.05, 4.69) is 5.16 Å². The maximum Gasteiger partial charge on any atom is 0.264 e. The van der Waals surface area contributed by atoms with Crippen molar-refractivity contribution in [3.05, 3.63) is 29.8 Å². The van der Waals surface area contributed by atoms with Crippen molar-refractivity contribution in [3.8, 4) is 5.75 Å². The van der Waals surface area contributed by atoms with E-state index in [1.165, 1.54) is 0 Å². The van der Waals surface area contributed by atoms with Gasteiger partial charge in [0.2, 0.25) is 5.60 Å². The van der Waals surface area contributed by atoms with Crippen LogP contribution in [0.15, 0.2) is 29.4 Å². The normalized spacial score (nSPS) is 22.8. The van der Waals surface area contributed by atoms with Crippen molar-refractivity contribution in [3.63, 3.8) is 0 Å². The second kappa shape index (κ2) is 4.08. The summed E-state index contributed by atoms with van der Waals surface area (Å²) in [4.78, 5) is 16.3. The highest BCUT2D eigenvalue weighted by molar-refractivity contribution is 6.05. The van der Waals surface area contributed by atoms with Crippen LogP contribution in [-0.2, 0) is 9.63 Å². The van der Waals surface area contributed by atoms with E-state index in [4.69, 9.17) is 15.3 Å². The number of nitrogens with zero attached hydrogens (tertiary/aromatic N) is 1. The van der Waals surface area contributed by atoms with Crippen LogP contribution in [0.4, 0.5) is 0 Å². The number of amides is 1. The molecule has 5 heteroatoms. The van der Waals surface area contributed by atoms with Crippen molar-refractivity contribution in [2.24, 2.45) is 10.9 Å². The smallest absolute Gasteiger partial charge is 0.264 e. The second-order valence-electron chi connectivity index (χ2n) is 4.13. The van der Waals surface area contributed by atoms with E-state index in [-0.39, 0.29) is 0 Å². The van der Waals surface area contributed by atoms with Gasteiger partial charge in [-0.3, -0.25) is 4.79 Å². The SMILES string of the molecule is COc1cccc(C2=NOC(C)(C(N)=O)C2)c1. The molecule has 1 heterocycles. The van der Waals surface area contributed by atoms with Crippen LogP contribution in [0, 0.1) is 0 Å². The molecule has 0 fully saturated rings. The van der Waals surface area contributed by atoms with Crippen LogP contribution >= 0.6 is 0 Å². The Labute approximate surface area is 99.2 Å². The van der Waals surface area contributed by atoms with Gasteiger partial charge in [-0.15, -0.1) is 0 Å². The van der Waals surface area contributed by atoms with E-state index in [1.54, 1.807) is 14.0 Å². The van der Waals surface area contributed by atoms with Gasteiger partial charge >= 0.3 is 0 Å². The maximum absolute atomic E-state index is 11.2. The predicted molar refractivity (Wildman–Crippen MR) is 62.8 cm³/mol. The molecule has 0 aromatic heterocycles. The van der Waals surface area contributed by atoms with Crippen molar-refractivity contribution >= 4 is 11.6 Å². The van der Waals surface area contributed by atoms with Crippen LogP contribution in [0.2, 0.25) is 0 Å². The summed E-state index contributed by atoms with van der Waals surface area (Å²) in [6, 6.07) is 7.43. The van der Waals surface area contributed by atoms with Gasteiger partial charge in [-0.1, -0.05) is 17.3 Å². The fourth-order valence-corrected chi connectivity index (χ4v) is 1.63. The number of carbonyl (C=O) groups excluding carboxylic acids is 1. The summed E-state index contributed by atoms with van der Waals surface area (Å²) >= 11 is 0. The Balaban J connectivity index is 2.23. The standard InChI is InChI=1S/C12H14N2O3/c1-12(11(13)15)7-10(14-17-12)8-4-3-5-9(6-8)16-2/h3-6H,7H2,1-2H3,(H2,13,15). The first-order valence-electron chi connectivity index (χ1n) is 5.24. The molecule has 0 spiro atoms. The molecule has 0 radical (unpaired) electrons. The van der Waals surface area contributed by atoms with Gasteiger partial charge in [0.1, 0.15) is 5.75 Å². The molecule has 1 aromatic carbocycles. The van der Waals surface area contributed by atoms with Crippen molar-refractivity contribution in [2.75, 3.05) is 7.11 Å². The Morgan fingerprint density at radius 3 is 2.94 bits per heavy atom. The zero-order valence-corrected chi connectivity index (χ0v) is 9.77. The Bertz CT molecular complexity index is 484. The predicted octanol–water partition coefficient (Wildman–Crippen LogP) is 1.06. The second-order valence-corrected chi connectivity index (χ2v) is 4.13. The summed E-state index contributed by atoms with van der Waals surface area (Å²) in [5.74, 6) is 0.219. The minimum absolute atomic E-state index is 0.371. The highest BCUT2D eigenvalue weighted by Crippen LogP contribution is 2.27. The van der Waals surface area contributed by atoms with Crippen molar-refractivity contribution < 1.29 is 14.4 Å². The summed E-state index contributed by atoms with van der Waals surface area (Å²) < 4.78 is 5.13. The third-order valence-corrected chi connectivity index (χ3v) is 2.79. The van der Waals surface area contributed by atoms with Crippen LogP contribution in [0.25, 0.3) is 0 Å². The van der Waals surface area contributed by atoms with Gasteiger partial charge in [0.25, 0.3) is 5.91 Å². The van der Waals surface area contributed by atoms with Gasteiger partial charge < -0.3 is 15.3 Å². The Morgan fingerprint density at radius 2 is 2.35 bits per heavy atom. The van der Waals surface area contributed by atoms with Crippen LogP contribution in [0.3, 0.4) is 0 Å². The van der Waals surface area contributed by atoms with Gasteiger partial charge in [0, 0.05) is 12.0 Å². The van der Waals surface area contributed by atoms with E-state index in [1.807, 2.05) is 24.3 Å². The lowest BCUT2D eigenvalue weighted by Crippen LogP contribution is -2.41. The number of carbonyl (C=O) groups is 1. The van der Waals surface area contributed by atoms with Crippen molar-refractivity contribution in [2.45, 2.75) is 18.9 Å². The van der Waals surface area contributed by atoms with Crippen LogP contribution < -0.4 is 10.5 Å². The zero-order valence-electron chi connectivity index (χ0n) is 9.77. The highest BCUT2D eigenvalue weighted by atomic mass is 16.7. The molecular formula is C12H14N2O3. The monoisotopic (exact) mass is 234 g/mol. The van der Waals surface area contributed by atoms with Crippen LogP contribution in [-0.4, -0.2) is 24.3 Å². The van der Waals surface area contributed by atoms with Gasteiger partial charge in [-0.25, -0.2) is 0 Å². The van der Waals surface area contributed by atoms with Crippen LogP contribution in [0.5, 0.6) is 5.75 Å². The summed E-state index contributed by atoms with van der Waals surface area (Å²) in [7, 11) is 1.60. The van der Waals surface area contributed by atoms with Crippen molar-refractivity contribution in [1.82, 2.24) is 0 Å². The van der Waals surface area contributed by atoms with Gasteiger partial charge in [-0.05, 0) is 19.1 Å². The average Bonchev–Trinajstić information content (AvgIpc) is 2.74. The molecule has 2 rings (SSSR count). The lowest BCUT2D eigenvalue weighted by molar-refractivity contribution is -0.138.